The number of hydrogen-bond acceptors (Lipinski definition) is 6. The summed E-state index contributed by atoms with van der Waals surface area (Å²) in [5, 5.41) is 9.48. The maximum absolute atomic E-state index is 13.8. The first kappa shape index (κ1) is 19.2. The number of benzene rings is 1. The summed E-state index contributed by atoms with van der Waals surface area (Å²) in [6.45, 7) is 2.23. The molecule has 1 fully saturated rings. The minimum Gasteiger partial charge on any atom is -0.441 e. The Labute approximate surface area is 159 Å². The predicted octanol–water partition coefficient (Wildman–Crippen LogP) is 2.78. The molecule has 3 rings (SSSR count). The number of halogens is 2. The number of nitrogens with two attached hydrogens (primary N) is 1. The summed E-state index contributed by atoms with van der Waals surface area (Å²) < 4.78 is 32.8. The van der Waals surface area contributed by atoms with Crippen LogP contribution in [0.4, 0.5) is 19.3 Å². The fraction of sp³-hybridized carbons (Fsp3) is 0.263. The smallest absolute Gasteiger partial charge is 0.405 e. The molecule has 2 N–H and O–H groups in total. The van der Waals surface area contributed by atoms with Crippen LogP contribution in [0, 0.1) is 23.0 Å². The monoisotopic (exact) mass is 386 g/mol. The van der Waals surface area contributed by atoms with E-state index in [0.29, 0.717) is 31.0 Å². The van der Waals surface area contributed by atoms with Gasteiger partial charge < -0.3 is 15.4 Å². The molecule has 1 aliphatic rings. The van der Waals surface area contributed by atoms with Gasteiger partial charge in [0.25, 0.3) is 0 Å². The van der Waals surface area contributed by atoms with Gasteiger partial charge in [-0.05, 0) is 24.6 Å². The average molecular weight is 386 g/mol. The van der Waals surface area contributed by atoms with E-state index in [2.05, 4.69) is 4.98 Å². The van der Waals surface area contributed by atoms with Crippen LogP contribution in [0.1, 0.15) is 29.4 Å². The maximum Gasteiger partial charge on any atom is 0.405 e. The summed E-state index contributed by atoms with van der Waals surface area (Å²) in [5.74, 6) is -1.66. The number of nitrogens with zero attached hydrogens (tertiary/aromatic N) is 3. The highest BCUT2D eigenvalue weighted by molar-refractivity contribution is 5.94. The molecule has 1 aliphatic heterocycles. The fourth-order valence-electron chi connectivity index (χ4n) is 3.45. The number of hydrogen-bond donors (Lipinski definition) is 1. The fourth-order valence-corrected chi connectivity index (χ4v) is 3.45. The van der Waals surface area contributed by atoms with Gasteiger partial charge in [-0.2, -0.15) is 5.26 Å². The van der Waals surface area contributed by atoms with Crippen LogP contribution in [0.25, 0.3) is 11.1 Å². The summed E-state index contributed by atoms with van der Waals surface area (Å²) in [4.78, 5) is 28.5. The number of ether oxygens (including phenoxy) is 1. The number of aromatic nitrogens is 1. The third-order valence-electron chi connectivity index (χ3n) is 4.56. The molecule has 1 aromatic carbocycles. The lowest BCUT2D eigenvalue weighted by Gasteiger charge is -2.27. The number of amides is 1. The Morgan fingerprint density at radius 3 is 2.64 bits per heavy atom. The van der Waals surface area contributed by atoms with Crippen LogP contribution in [0.2, 0.25) is 0 Å². The van der Waals surface area contributed by atoms with Crippen molar-refractivity contribution in [1.82, 2.24) is 4.98 Å². The molecule has 0 bridgehead atoms. The number of carbonyl (C=O) groups is 2. The van der Waals surface area contributed by atoms with Gasteiger partial charge in [0.2, 0.25) is 0 Å². The Kier molecular flexibility index (Phi) is 4.96. The summed E-state index contributed by atoms with van der Waals surface area (Å²) in [6, 6.07) is 4.73. The van der Waals surface area contributed by atoms with Gasteiger partial charge in [0.1, 0.15) is 29.0 Å². The molecule has 1 unspecified atom stereocenters. The summed E-state index contributed by atoms with van der Waals surface area (Å²) in [7, 11) is 0. The molecule has 1 aromatic heterocycles. The molecule has 7 nitrogen and oxygen atoms in total. The summed E-state index contributed by atoms with van der Waals surface area (Å²) in [5.41, 5.74) is 4.77. The molecule has 0 saturated carbocycles. The Morgan fingerprint density at radius 2 is 2.07 bits per heavy atom. The van der Waals surface area contributed by atoms with Crippen LogP contribution >= 0.6 is 0 Å². The third-order valence-corrected chi connectivity index (χ3v) is 4.56. The number of rotatable bonds is 4. The lowest BCUT2D eigenvalue weighted by molar-refractivity contribution is 0.0480. The van der Waals surface area contributed by atoms with Crippen LogP contribution in [0.3, 0.4) is 0 Å². The Hall–Kier alpha value is -3.54. The number of nitriles is 1. The Balaban J connectivity index is 2.19. The van der Waals surface area contributed by atoms with E-state index in [1.807, 2.05) is 6.07 Å². The molecule has 0 aliphatic carbocycles. The lowest BCUT2D eigenvalue weighted by Crippen LogP contribution is -2.37. The van der Waals surface area contributed by atoms with E-state index in [-0.39, 0.29) is 28.9 Å². The van der Waals surface area contributed by atoms with Crippen molar-refractivity contribution in [2.45, 2.75) is 18.9 Å². The SMILES string of the molecule is CC1(OC(N)=O)CCN(c2c(C=O)cnc(C#N)c2-c2cc(F)cc(F)c2)C1. The number of anilines is 1. The van der Waals surface area contributed by atoms with Crippen LogP contribution in [-0.4, -0.2) is 36.1 Å². The van der Waals surface area contributed by atoms with Crippen molar-refractivity contribution in [3.63, 3.8) is 0 Å². The number of pyridine rings is 1. The second-order valence-corrected chi connectivity index (χ2v) is 6.72. The molecule has 144 valence electrons. The normalized spacial score (nSPS) is 18.6. The highest BCUT2D eigenvalue weighted by atomic mass is 19.1. The lowest BCUT2D eigenvalue weighted by atomic mass is 9.98. The van der Waals surface area contributed by atoms with Gasteiger partial charge in [0, 0.05) is 30.8 Å². The minimum atomic E-state index is -0.931. The maximum atomic E-state index is 13.8. The minimum absolute atomic E-state index is 0.0738. The van der Waals surface area contributed by atoms with Crippen molar-refractivity contribution in [2.75, 3.05) is 18.0 Å². The largest absolute Gasteiger partial charge is 0.441 e. The first-order chi connectivity index (χ1) is 13.3. The van der Waals surface area contributed by atoms with Crippen LogP contribution in [0.5, 0.6) is 0 Å². The number of aldehydes is 1. The summed E-state index contributed by atoms with van der Waals surface area (Å²) >= 11 is 0. The van der Waals surface area contributed by atoms with Crippen molar-refractivity contribution in [3.8, 4) is 17.2 Å². The van der Waals surface area contributed by atoms with Crippen molar-refractivity contribution >= 4 is 18.1 Å². The summed E-state index contributed by atoms with van der Waals surface area (Å²) in [6.07, 6.45) is 1.26. The molecule has 2 aromatic rings. The third kappa shape index (κ3) is 3.62. The van der Waals surface area contributed by atoms with Crippen molar-refractivity contribution in [3.05, 3.63) is 47.3 Å². The molecule has 1 atom stereocenters. The molecule has 2 heterocycles. The topological polar surface area (TPSA) is 109 Å². The quantitative estimate of drug-likeness (QED) is 0.809. The van der Waals surface area contributed by atoms with Gasteiger partial charge in [-0.3, -0.25) is 4.79 Å². The second-order valence-electron chi connectivity index (χ2n) is 6.72. The molecular weight excluding hydrogens is 370 g/mol. The average Bonchev–Trinajstić information content (AvgIpc) is 3.00. The zero-order chi connectivity index (χ0) is 20.5. The van der Waals surface area contributed by atoms with Crippen LogP contribution in [0.15, 0.2) is 24.4 Å². The first-order valence-corrected chi connectivity index (χ1v) is 8.34. The molecule has 0 spiro atoms. The van der Waals surface area contributed by atoms with E-state index in [0.717, 1.165) is 12.1 Å². The van der Waals surface area contributed by atoms with Gasteiger partial charge >= 0.3 is 6.09 Å². The molecule has 9 heteroatoms. The van der Waals surface area contributed by atoms with E-state index in [1.54, 1.807) is 11.8 Å². The standard InChI is InChI=1S/C19H16F2N4O3/c1-19(28-18(23)27)2-3-25(10-19)17-12(9-26)8-24-15(7-22)16(17)11-4-13(20)6-14(21)5-11/h4-6,8-9H,2-3,10H2,1H3,(H2,23,27). The van der Waals surface area contributed by atoms with Crippen LogP contribution in [-0.2, 0) is 4.74 Å². The molecular formula is C19H16F2N4O3. The Bertz CT molecular complexity index is 985. The second kappa shape index (κ2) is 7.23. The van der Waals surface area contributed by atoms with Crippen molar-refractivity contribution in [2.24, 2.45) is 5.73 Å². The van der Waals surface area contributed by atoms with Crippen LogP contribution < -0.4 is 10.6 Å². The predicted molar refractivity (Wildman–Crippen MR) is 95.6 cm³/mol. The van der Waals surface area contributed by atoms with E-state index in [9.17, 15) is 23.6 Å². The first-order valence-electron chi connectivity index (χ1n) is 8.34. The number of carbonyl (C=O) groups excluding carboxylic acids is 2. The van der Waals surface area contributed by atoms with Gasteiger partial charge in [-0.1, -0.05) is 0 Å². The van der Waals surface area contributed by atoms with E-state index >= 15 is 0 Å². The van der Waals surface area contributed by atoms with Gasteiger partial charge in [0.15, 0.2) is 6.29 Å². The molecule has 1 saturated heterocycles. The number of primary amides is 1. The zero-order valence-electron chi connectivity index (χ0n) is 14.9. The highest BCUT2D eigenvalue weighted by Crippen LogP contribution is 2.39. The molecule has 0 radical (unpaired) electrons. The van der Waals surface area contributed by atoms with E-state index < -0.39 is 23.3 Å². The Morgan fingerprint density at radius 1 is 1.39 bits per heavy atom. The van der Waals surface area contributed by atoms with Gasteiger partial charge in [-0.15, -0.1) is 0 Å². The molecule has 1 amide bonds. The van der Waals surface area contributed by atoms with Gasteiger partial charge in [-0.25, -0.2) is 18.6 Å². The molecule has 28 heavy (non-hydrogen) atoms. The van der Waals surface area contributed by atoms with E-state index in [1.165, 1.54) is 6.20 Å². The van der Waals surface area contributed by atoms with Crippen molar-refractivity contribution < 1.29 is 23.1 Å². The van der Waals surface area contributed by atoms with Gasteiger partial charge in [0.05, 0.1) is 17.8 Å². The van der Waals surface area contributed by atoms with Crippen molar-refractivity contribution in [1.29, 1.82) is 5.26 Å². The highest BCUT2D eigenvalue weighted by Gasteiger charge is 2.39. The zero-order valence-corrected chi connectivity index (χ0v) is 14.9. The van der Waals surface area contributed by atoms with E-state index in [4.69, 9.17) is 10.5 Å².